The third-order valence-corrected chi connectivity index (χ3v) is 4.54. The van der Waals surface area contributed by atoms with E-state index in [9.17, 15) is 4.79 Å². The van der Waals surface area contributed by atoms with Crippen LogP contribution in [0.4, 0.5) is 0 Å². The van der Waals surface area contributed by atoms with Crippen molar-refractivity contribution in [2.45, 2.75) is 24.7 Å². The average molecular weight is 229 g/mol. The fourth-order valence-electron chi connectivity index (χ4n) is 3.53. The molecule has 0 amide bonds. The highest BCUT2D eigenvalue weighted by atomic mass is 16.1. The summed E-state index contributed by atoms with van der Waals surface area (Å²) in [7, 11) is 2.13. The summed E-state index contributed by atoms with van der Waals surface area (Å²) in [5, 5.41) is 0. The second-order valence-corrected chi connectivity index (χ2v) is 5.56. The van der Waals surface area contributed by atoms with E-state index in [4.69, 9.17) is 0 Å². The van der Waals surface area contributed by atoms with Gasteiger partial charge in [0, 0.05) is 12.5 Å². The van der Waals surface area contributed by atoms with Gasteiger partial charge in [0.25, 0.3) is 0 Å². The van der Waals surface area contributed by atoms with Gasteiger partial charge in [-0.1, -0.05) is 30.3 Å². The number of ketones is 1. The van der Waals surface area contributed by atoms with Crippen molar-refractivity contribution in [1.82, 2.24) is 4.90 Å². The Morgan fingerprint density at radius 1 is 1.24 bits per heavy atom. The molecule has 1 heterocycles. The first-order valence-electron chi connectivity index (χ1n) is 6.51. The first-order chi connectivity index (χ1) is 8.22. The van der Waals surface area contributed by atoms with Crippen LogP contribution in [0.15, 0.2) is 30.3 Å². The molecular weight excluding hydrogens is 210 g/mol. The van der Waals surface area contributed by atoms with Crippen molar-refractivity contribution in [2.24, 2.45) is 5.92 Å². The first-order valence-corrected chi connectivity index (χ1v) is 6.51. The molecule has 2 fully saturated rings. The van der Waals surface area contributed by atoms with Crippen molar-refractivity contribution in [3.63, 3.8) is 0 Å². The molecule has 1 saturated heterocycles. The minimum Gasteiger partial charge on any atom is -0.306 e. The number of nitrogens with zero attached hydrogens (tertiary/aromatic N) is 1. The number of fused-ring (bicyclic) bond motifs is 2. The summed E-state index contributed by atoms with van der Waals surface area (Å²) < 4.78 is 0. The molecule has 2 atom stereocenters. The summed E-state index contributed by atoms with van der Waals surface area (Å²) in [6.07, 6.45) is 3.11. The molecule has 1 aliphatic heterocycles. The van der Waals surface area contributed by atoms with Crippen LogP contribution in [0.1, 0.15) is 24.8 Å². The van der Waals surface area contributed by atoms with Crippen molar-refractivity contribution in [3.05, 3.63) is 35.9 Å². The number of carbonyl (C=O) groups is 1. The number of hydrogen-bond donors (Lipinski definition) is 0. The van der Waals surface area contributed by atoms with Crippen molar-refractivity contribution >= 4 is 5.78 Å². The van der Waals surface area contributed by atoms with Gasteiger partial charge in [-0.15, -0.1) is 0 Å². The molecule has 0 aromatic heterocycles. The van der Waals surface area contributed by atoms with Crippen LogP contribution in [-0.2, 0) is 10.2 Å². The Kier molecular flexibility index (Phi) is 2.55. The fraction of sp³-hybridized carbons (Fsp3) is 0.533. The summed E-state index contributed by atoms with van der Waals surface area (Å²) >= 11 is 0. The summed E-state index contributed by atoms with van der Waals surface area (Å²) in [4.78, 5) is 15.0. The van der Waals surface area contributed by atoms with E-state index in [0.29, 0.717) is 5.78 Å². The predicted octanol–water partition coefficient (Wildman–Crippen LogP) is 2.24. The Bertz CT molecular complexity index is 428. The van der Waals surface area contributed by atoms with Gasteiger partial charge in [0.1, 0.15) is 5.78 Å². The molecule has 1 aromatic rings. The zero-order valence-electron chi connectivity index (χ0n) is 10.4. The molecule has 2 nitrogen and oxygen atoms in total. The zero-order chi connectivity index (χ0) is 11.9. The minimum absolute atomic E-state index is 0.170. The first kappa shape index (κ1) is 11.0. The lowest BCUT2D eigenvalue weighted by Gasteiger charge is -2.28. The topological polar surface area (TPSA) is 20.3 Å². The van der Waals surface area contributed by atoms with E-state index >= 15 is 0 Å². The second kappa shape index (κ2) is 3.95. The van der Waals surface area contributed by atoms with Crippen molar-refractivity contribution in [3.8, 4) is 0 Å². The van der Waals surface area contributed by atoms with Gasteiger partial charge in [-0.3, -0.25) is 4.79 Å². The molecule has 90 valence electrons. The normalized spacial score (nSPS) is 33.7. The van der Waals surface area contributed by atoms with Crippen molar-refractivity contribution in [1.29, 1.82) is 0 Å². The highest BCUT2D eigenvalue weighted by Crippen LogP contribution is 2.45. The lowest BCUT2D eigenvalue weighted by atomic mass is 9.75. The number of Topliss-reactive ketones (excluding diaryl/α,β-unsaturated/α-hetero) is 1. The van der Waals surface area contributed by atoms with Crippen LogP contribution >= 0.6 is 0 Å². The van der Waals surface area contributed by atoms with Gasteiger partial charge < -0.3 is 4.90 Å². The second-order valence-electron chi connectivity index (χ2n) is 5.56. The van der Waals surface area contributed by atoms with Crippen LogP contribution in [0, 0.1) is 5.92 Å². The highest BCUT2D eigenvalue weighted by Gasteiger charge is 2.50. The van der Waals surface area contributed by atoms with E-state index in [2.05, 4.69) is 36.2 Å². The van der Waals surface area contributed by atoms with Crippen LogP contribution in [0.25, 0.3) is 0 Å². The molecule has 2 heteroatoms. The lowest BCUT2D eigenvalue weighted by molar-refractivity contribution is -0.125. The van der Waals surface area contributed by atoms with Crippen LogP contribution in [-0.4, -0.2) is 30.8 Å². The number of likely N-dealkylation sites (tertiary alicyclic amines) is 1. The quantitative estimate of drug-likeness (QED) is 0.736. The largest absolute Gasteiger partial charge is 0.306 e. The van der Waals surface area contributed by atoms with Crippen molar-refractivity contribution in [2.75, 3.05) is 20.1 Å². The maximum Gasteiger partial charge on any atom is 0.147 e. The van der Waals surface area contributed by atoms with Gasteiger partial charge in [0.2, 0.25) is 0 Å². The Morgan fingerprint density at radius 2 is 2.00 bits per heavy atom. The van der Waals surface area contributed by atoms with E-state index in [1.165, 1.54) is 5.56 Å². The number of rotatable bonds is 1. The summed E-state index contributed by atoms with van der Waals surface area (Å²) in [6.45, 7) is 1.99. The molecule has 1 aromatic carbocycles. The molecular formula is C15H19NO. The highest BCUT2D eigenvalue weighted by molar-refractivity contribution is 5.94. The summed E-state index contributed by atoms with van der Waals surface area (Å²) in [5.41, 5.74) is 1.07. The molecule has 2 aliphatic rings. The summed E-state index contributed by atoms with van der Waals surface area (Å²) in [5.74, 6) is 0.760. The maximum atomic E-state index is 12.6. The Morgan fingerprint density at radius 3 is 2.76 bits per heavy atom. The van der Waals surface area contributed by atoms with Crippen LogP contribution in [0.2, 0.25) is 0 Å². The van der Waals surface area contributed by atoms with E-state index in [-0.39, 0.29) is 11.3 Å². The van der Waals surface area contributed by atoms with Gasteiger partial charge in [0.05, 0.1) is 5.41 Å². The number of carbonyl (C=O) groups excluding carboxylic acids is 1. The summed E-state index contributed by atoms with van der Waals surface area (Å²) in [6, 6.07) is 10.4. The number of hydrogen-bond acceptors (Lipinski definition) is 2. The average Bonchev–Trinajstić information content (AvgIpc) is 2.59. The molecule has 2 unspecified atom stereocenters. The zero-order valence-corrected chi connectivity index (χ0v) is 10.4. The molecule has 0 N–H and O–H groups in total. The van der Waals surface area contributed by atoms with E-state index < -0.39 is 0 Å². The minimum atomic E-state index is -0.170. The lowest BCUT2D eigenvalue weighted by Crippen LogP contribution is -2.33. The monoisotopic (exact) mass is 229 g/mol. The number of benzene rings is 1. The molecule has 2 bridgehead atoms. The molecule has 3 rings (SSSR count). The Hall–Kier alpha value is -1.15. The SMILES string of the molecule is CN1CCC2(c3ccccc3)CCC(C1)C2=O. The standard InChI is InChI=1S/C15H19NO/c1-16-10-9-15(13-5-3-2-4-6-13)8-7-12(11-16)14(15)17/h2-6,12H,7-11H2,1H3. The fourth-order valence-corrected chi connectivity index (χ4v) is 3.53. The smallest absolute Gasteiger partial charge is 0.147 e. The third-order valence-electron chi connectivity index (χ3n) is 4.54. The Balaban J connectivity index is 2.03. The molecule has 1 saturated carbocycles. The van der Waals surface area contributed by atoms with Crippen LogP contribution in [0.5, 0.6) is 0 Å². The van der Waals surface area contributed by atoms with Gasteiger partial charge in [-0.25, -0.2) is 0 Å². The van der Waals surface area contributed by atoms with E-state index in [1.54, 1.807) is 0 Å². The van der Waals surface area contributed by atoms with Gasteiger partial charge in [0.15, 0.2) is 0 Å². The van der Waals surface area contributed by atoms with Gasteiger partial charge in [-0.05, 0) is 38.4 Å². The van der Waals surface area contributed by atoms with Crippen LogP contribution < -0.4 is 0 Å². The molecule has 0 radical (unpaired) electrons. The van der Waals surface area contributed by atoms with Gasteiger partial charge in [-0.2, -0.15) is 0 Å². The van der Waals surface area contributed by atoms with E-state index in [1.807, 2.05) is 6.07 Å². The predicted molar refractivity (Wildman–Crippen MR) is 68.0 cm³/mol. The van der Waals surface area contributed by atoms with Gasteiger partial charge >= 0.3 is 0 Å². The molecule has 1 aliphatic carbocycles. The molecule has 0 spiro atoms. The molecule has 17 heavy (non-hydrogen) atoms. The Labute approximate surface area is 103 Å². The van der Waals surface area contributed by atoms with Crippen molar-refractivity contribution < 1.29 is 4.79 Å². The van der Waals surface area contributed by atoms with E-state index in [0.717, 1.165) is 32.4 Å². The third kappa shape index (κ3) is 1.62. The maximum absolute atomic E-state index is 12.6. The van der Waals surface area contributed by atoms with Crippen LogP contribution in [0.3, 0.4) is 0 Å².